The number of carbonyl (C=O) groups excluding carboxylic acids is 1. The summed E-state index contributed by atoms with van der Waals surface area (Å²) in [6, 6.07) is 6.53. The van der Waals surface area contributed by atoms with Crippen molar-refractivity contribution in [2.45, 2.75) is 18.9 Å². The van der Waals surface area contributed by atoms with E-state index in [0.717, 1.165) is 23.7 Å². The Kier molecular flexibility index (Phi) is 4.68. The van der Waals surface area contributed by atoms with Gasteiger partial charge in [-0.3, -0.25) is 4.79 Å². The summed E-state index contributed by atoms with van der Waals surface area (Å²) in [6.07, 6.45) is 1.53. The molecule has 1 saturated heterocycles. The lowest BCUT2D eigenvalue weighted by Gasteiger charge is -2.27. The van der Waals surface area contributed by atoms with Crippen LogP contribution in [0.5, 0.6) is 0 Å². The number of benzene rings is 1. The van der Waals surface area contributed by atoms with Crippen LogP contribution in [0.1, 0.15) is 23.3 Å². The average molecular weight is 381 g/mol. The van der Waals surface area contributed by atoms with Crippen LogP contribution in [0.15, 0.2) is 28.7 Å². The number of ether oxygens (including phenoxy) is 1. The molecule has 3 N–H and O–H groups in total. The molecule has 1 aromatic heterocycles. The molecule has 3 rings (SSSR count). The SMILES string of the molecule is O=C(NC(C(=O)O)C1CCCOC1)c1[nH]c2ccccc2c1Br. The lowest BCUT2D eigenvalue weighted by Crippen LogP contribution is -2.48. The molecule has 0 spiro atoms. The maximum Gasteiger partial charge on any atom is 0.326 e. The second-order valence-corrected chi connectivity index (χ2v) is 6.42. The number of carboxylic acid groups (broad SMARTS) is 1. The highest BCUT2D eigenvalue weighted by atomic mass is 79.9. The standard InChI is InChI=1S/C16H17BrN2O4/c17-12-10-5-1-2-6-11(10)18-14(12)15(20)19-13(16(21)22)9-4-3-7-23-8-9/h1-2,5-6,9,13,18H,3-4,7-8H2,(H,19,20)(H,21,22). The van der Waals surface area contributed by atoms with Crippen LogP contribution in [0.4, 0.5) is 0 Å². The van der Waals surface area contributed by atoms with Crippen molar-refractivity contribution in [1.82, 2.24) is 10.3 Å². The molecule has 1 aromatic carbocycles. The fourth-order valence-electron chi connectivity index (χ4n) is 2.89. The van der Waals surface area contributed by atoms with Gasteiger partial charge in [0.15, 0.2) is 0 Å². The molecule has 2 aromatic rings. The predicted molar refractivity (Wildman–Crippen MR) is 88.4 cm³/mol. The van der Waals surface area contributed by atoms with Gasteiger partial charge in [0.05, 0.1) is 11.1 Å². The molecule has 6 nitrogen and oxygen atoms in total. The lowest BCUT2D eigenvalue weighted by atomic mass is 9.93. The first kappa shape index (κ1) is 16.0. The summed E-state index contributed by atoms with van der Waals surface area (Å²) in [6.45, 7) is 0.996. The molecular formula is C16H17BrN2O4. The van der Waals surface area contributed by atoms with E-state index in [4.69, 9.17) is 4.74 Å². The van der Waals surface area contributed by atoms with E-state index in [-0.39, 0.29) is 5.92 Å². The van der Waals surface area contributed by atoms with Gasteiger partial charge in [-0.15, -0.1) is 0 Å². The van der Waals surface area contributed by atoms with Gasteiger partial charge in [-0.2, -0.15) is 0 Å². The summed E-state index contributed by atoms with van der Waals surface area (Å²) >= 11 is 3.41. The van der Waals surface area contributed by atoms with Crippen LogP contribution in [0.3, 0.4) is 0 Å². The van der Waals surface area contributed by atoms with Crippen molar-refractivity contribution in [2.24, 2.45) is 5.92 Å². The van der Waals surface area contributed by atoms with Gasteiger partial charge in [0, 0.05) is 23.4 Å². The quantitative estimate of drug-likeness (QED) is 0.759. The van der Waals surface area contributed by atoms with E-state index < -0.39 is 17.9 Å². The summed E-state index contributed by atoms with van der Waals surface area (Å²) in [4.78, 5) is 27.1. The molecule has 0 radical (unpaired) electrons. The zero-order valence-electron chi connectivity index (χ0n) is 12.3. The number of carboxylic acids is 1. The van der Waals surface area contributed by atoms with Crippen molar-refractivity contribution >= 4 is 38.7 Å². The maximum atomic E-state index is 12.5. The largest absolute Gasteiger partial charge is 0.480 e. The number of fused-ring (bicyclic) bond motifs is 1. The van der Waals surface area contributed by atoms with E-state index in [1.807, 2.05) is 24.3 Å². The van der Waals surface area contributed by atoms with Crippen LogP contribution in [-0.2, 0) is 9.53 Å². The molecule has 7 heteroatoms. The van der Waals surface area contributed by atoms with Crippen LogP contribution in [0.25, 0.3) is 10.9 Å². The summed E-state index contributed by atoms with van der Waals surface area (Å²) in [7, 11) is 0. The third kappa shape index (κ3) is 3.25. The molecule has 1 fully saturated rings. The number of aromatic nitrogens is 1. The number of hydrogen-bond donors (Lipinski definition) is 3. The summed E-state index contributed by atoms with van der Waals surface area (Å²) < 4.78 is 5.97. The van der Waals surface area contributed by atoms with Crippen molar-refractivity contribution in [3.63, 3.8) is 0 Å². The summed E-state index contributed by atoms with van der Waals surface area (Å²) in [5.74, 6) is -1.69. The van der Waals surface area contributed by atoms with E-state index in [9.17, 15) is 14.7 Å². The molecule has 23 heavy (non-hydrogen) atoms. The van der Waals surface area contributed by atoms with Gasteiger partial charge in [-0.05, 0) is 34.8 Å². The topological polar surface area (TPSA) is 91.4 Å². The predicted octanol–water partition coefficient (Wildman–Crippen LogP) is 2.54. The molecule has 2 heterocycles. The second-order valence-electron chi connectivity index (χ2n) is 5.63. The highest BCUT2D eigenvalue weighted by Crippen LogP contribution is 2.28. The molecule has 1 aliphatic heterocycles. The second kappa shape index (κ2) is 6.72. The average Bonchev–Trinajstić information content (AvgIpc) is 2.90. The Morgan fingerprint density at radius 3 is 2.83 bits per heavy atom. The Morgan fingerprint density at radius 2 is 2.17 bits per heavy atom. The van der Waals surface area contributed by atoms with Gasteiger partial charge in [0.25, 0.3) is 5.91 Å². The minimum absolute atomic E-state index is 0.214. The van der Waals surface area contributed by atoms with E-state index in [0.29, 0.717) is 23.4 Å². The minimum atomic E-state index is -1.04. The molecular weight excluding hydrogens is 364 g/mol. The first-order valence-electron chi connectivity index (χ1n) is 7.45. The lowest BCUT2D eigenvalue weighted by molar-refractivity contribution is -0.142. The van der Waals surface area contributed by atoms with E-state index >= 15 is 0 Å². The fourth-order valence-corrected chi connectivity index (χ4v) is 3.51. The molecule has 122 valence electrons. The Bertz CT molecular complexity index is 737. The van der Waals surface area contributed by atoms with Crippen molar-refractivity contribution < 1.29 is 19.4 Å². The zero-order chi connectivity index (χ0) is 16.4. The summed E-state index contributed by atoms with van der Waals surface area (Å²) in [5.41, 5.74) is 1.14. The normalized spacial score (nSPS) is 19.4. The number of H-pyrrole nitrogens is 1. The number of halogens is 1. The van der Waals surface area contributed by atoms with Crippen molar-refractivity contribution in [3.05, 3.63) is 34.4 Å². The number of hydrogen-bond acceptors (Lipinski definition) is 3. The first-order chi connectivity index (χ1) is 11.1. The number of aromatic amines is 1. The highest BCUT2D eigenvalue weighted by Gasteiger charge is 2.32. The third-order valence-corrected chi connectivity index (χ3v) is 4.91. The smallest absolute Gasteiger partial charge is 0.326 e. The Balaban J connectivity index is 1.83. The Hall–Kier alpha value is -1.86. The molecule has 2 atom stereocenters. The van der Waals surface area contributed by atoms with Crippen LogP contribution in [-0.4, -0.2) is 41.2 Å². The number of aliphatic carboxylic acids is 1. The number of nitrogens with one attached hydrogen (secondary N) is 2. The monoisotopic (exact) mass is 380 g/mol. The van der Waals surface area contributed by atoms with Gasteiger partial charge in [0.1, 0.15) is 11.7 Å². The van der Waals surface area contributed by atoms with Gasteiger partial charge in [-0.1, -0.05) is 18.2 Å². The fraction of sp³-hybridized carbons (Fsp3) is 0.375. The van der Waals surface area contributed by atoms with Crippen LogP contribution in [0.2, 0.25) is 0 Å². The Labute approximate surface area is 141 Å². The third-order valence-electron chi connectivity index (χ3n) is 4.09. The van der Waals surface area contributed by atoms with E-state index in [1.54, 1.807) is 0 Å². The molecule has 1 amide bonds. The van der Waals surface area contributed by atoms with Gasteiger partial charge in [-0.25, -0.2) is 4.79 Å². The maximum absolute atomic E-state index is 12.5. The van der Waals surface area contributed by atoms with E-state index in [1.165, 1.54) is 0 Å². The van der Waals surface area contributed by atoms with Crippen molar-refractivity contribution in [2.75, 3.05) is 13.2 Å². The van der Waals surface area contributed by atoms with Crippen LogP contribution in [0, 0.1) is 5.92 Å². The van der Waals surface area contributed by atoms with Crippen LogP contribution < -0.4 is 5.32 Å². The number of carbonyl (C=O) groups is 2. The van der Waals surface area contributed by atoms with Crippen molar-refractivity contribution in [1.29, 1.82) is 0 Å². The number of para-hydroxylation sites is 1. The highest BCUT2D eigenvalue weighted by molar-refractivity contribution is 9.10. The number of rotatable bonds is 4. The summed E-state index contributed by atoms with van der Waals surface area (Å²) in [5, 5.41) is 12.9. The Morgan fingerprint density at radius 1 is 1.39 bits per heavy atom. The van der Waals surface area contributed by atoms with Gasteiger partial charge in [0.2, 0.25) is 0 Å². The van der Waals surface area contributed by atoms with Crippen LogP contribution >= 0.6 is 15.9 Å². The zero-order valence-corrected chi connectivity index (χ0v) is 13.9. The molecule has 1 aliphatic rings. The molecule has 0 saturated carbocycles. The molecule has 0 bridgehead atoms. The number of amides is 1. The van der Waals surface area contributed by atoms with Crippen molar-refractivity contribution in [3.8, 4) is 0 Å². The first-order valence-corrected chi connectivity index (χ1v) is 8.25. The molecule has 2 unspecified atom stereocenters. The van der Waals surface area contributed by atoms with Gasteiger partial charge >= 0.3 is 5.97 Å². The molecule has 0 aliphatic carbocycles. The minimum Gasteiger partial charge on any atom is -0.480 e. The van der Waals surface area contributed by atoms with Gasteiger partial charge < -0.3 is 20.1 Å². The van der Waals surface area contributed by atoms with E-state index in [2.05, 4.69) is 26.2 Å².